The molecule has 0 saturated carbocycles. The van der Waals surface area contributed by atoms with Crippen molar-refractivity contribution in [3.8, 4) is 0 Å². The molecule has 0 bridgehead atoms. The van der Waals surface area contributed by atoms with E-state index in [0.29, 0.717) is 27.2 Å². The van der Waals surface area contributed by atoms with E-state index < -0.39 is 6.10 Å². The van der Waals surface area contributed by atoms with Crippen LogP contribution in [0.3, 0.4) is 0 Å². The summed E-state index contributed by atoms with van der Waals surface area (Å²) in [7, 11) is 0. The topological polar surface area (TPSA) is 50.9 Å². The summed E-state index contributed by atoms with van der Waals surface area (Å²) in [5.74, 6) is 0.296. The lowest BCUT2D eigenvalue weighted by Gasteiger charge is -2.18. The number of halogens is 2. The Morgan fingerprint density at radius 3 is 2.76 bits per heavy atom. The molecule has 112 valence electrons. The molecule has 1 aromatic carbocycles. The number of hydrogen-bond acceptors (Lipinski definition) is 3. The Kier molecular flexibility index (Phi) is 5.39. The van der Waals surface area contributed by atoms with Gasteiger partial charge in [0, 0.05) is 15.6 Å². The molecule has 6 heteroatoms. The fraction of sp³-hybridized carbons (Fsp3) is 0.333. The lowest BCUT2D eigenvalue weighted by molar-refractivity contribution is 0.229. The van der Waals surface area contributed by atoms with Crippen molar-refractivity contribution in [1.82, 2.24) is 14.8 Å². The number of hydrogen-bond donors (Lipinski definition) is 1. The molecule has 1 N–H and O–H groups in total. The molecule has 0 amide bonds. The molecule has 0 radical (unpaired) electrons. The Morgan fingerprint density at radius 1 is 1.43 bits per heavy atom. The third-order valence-electron chi connectivity index (χ3n) is 3.32. The van der Waals surface area contributed by atoms with Gasteiger partial charge >= 0.3 is 0 Å². The third-order valence-corrected chi connectivity index (χ3v) is 3.88. The molecular formula is C15H17Cl2N3O. The molecular weight excluding hydrogens is 309 g/mol. The molecule has 0 aliphatic rings. The number of aliphatic hydroxyl groups excluding tert-OH is 1. The quantitative estimate of drug-likeness (QED) is 0.896. The van der Waals surface area contributed by atoms with E-state index in [1.807, 2.05) is 6.08 Å². The van der Waals surface area contributed by atoms with Crippen molar-refractivity contribution in [2.24, 2.45) is 5.92 Å². The molecule has 2 atom stereocenters. The SMILES string of the molecule is CCC(C)C=C(C(O)c1ccc(Cl)cc1Cl)n1cncn1. The van der Waals surface area contributed by atoms with Gasteiger partial charge in [0.1, 0.15) is 18.8 Å². The van der Waals surface area contributed by atoms with Crippen LogP contribution >= 0.6 is 23.2 Å². The Balaban J connectivity index is 2.43. The summed E-state index contributed by atoms with van der Waals surface area (Å²) in [5, 5.41) is 15.7. The minimum absolute atomic E-state index is 0.296. The van der Waals surface area contributed by atoms with Crippen LogP contribution in [-0.2, 0) is 0 Å². The van der Waals surface area contributed by atoms with E-state index in [0.717, 1.165) is 6.42 Å². The molecule has 2 aromatic rings. The Bertz CT molecular complexity index is 626. The average Bonchev–Trinajstić information content (AvgIpc) is 2.97. The van der Waals surface area contributed by atoms with Crippen molar-refractivity contribution in [2.45, 2.75) is 26.4 Å². The second-order valence-electron chi connectivity index (χ2n) is 4.89. The Morgan fingerprint density at radius 2 is 2.19 bits per heavy atom. The first kappa shape index (κ1) is 16.0. The van der Waals surface area contributed by atoms with Crippen LogP contribution in [0.15, 0.2) is 36.9 Å². The van der Waals surface area contributed by atoms with E-state index in [2.05, 4.69) is 23.9 Å². The fourth-order valence-corrected chi connectivity index (χ4v) is 2.44. The predicted octanol–water partition coefficient (Wildman–Crippen LogP) is 4.21. The fourth-order valence-electron chi connectivity index (χ4n) is 1.93. The zero-order chi connectivity index (χ0) is 15.4. The molecule has 2 unspecified atom stereocenters. The smallest absolute Gasteiger partial charge is 0.138 e. The normalized spacial score (nSPS) is 15.0. The summed E-state index contributed by atoms with van der Waals surface area (Å²) >= 11 is 12.1. The largest absolute Gasteiger partial charge is 0.382 e. The third kappa shape index (κ3) is 3.84. The lowest BCUT2D eigenvalue weighted by atomic mass is 10.0. The minimum atomic E-state index is -0.898. The van der Waals surface area contributed by atoms with Gasteiger partial charge < -0.3 is 5.11 Å². The molecule has 1 heterocycles. The maximum atomic E-state index is 10.7. The molecule has 0 saturated heterocycles. The molecule has 0 aliphatic heterocycles. The summed E-state index contributed by atoms with van der Waals surface area (Å²) in [6.07, 6.45) is 5.02. The van der Waals surface area contributed by atoms with Gasteiger partial charge in [0.05, 0.1) is 5.70 Å². The van der Waals surface area contributed by atoms with Gasteiger partial charge in [0.2, 0.25) is 0 Å². The van der Waals surface area contributed by atoms with Crippen molar-refractivity contribution in [1.29, 1.82) is 0 Å². The molecule has 0 aliphatic carbocycles. The van der Waals surface area contributed by atoms with Gasteiger partial charge in [-0.3, -0.25) is 0 Å². The number of allylic oxidation sites excluding steroid dienone is 1. The van der Waals surface area contributed by atoms with Crippen LogP contribution in [0.25, 0.3) is 5.70 Å². The molecule has 2 rings (SSSR count). The monoisotopic (exact) mass is 325 g/mol. The highest BCUT2D eigenvalue weighted by atomic mass is 35.5. The van der Waals surface area contributed by atoms with Crippen LogP contribution in [0.2, 0.25) is 10.0 Å². The highest BCUT2D eigenvalue weighted by Crippen LogP contribution is 2.32. The van der Waals surface area contributed by atoms with Gasteiger partial charge in [-0.2, -0.15) is 5.10 Å². The van der Waals surface area contributed by atoms with E-state index >= 15 is 0 Å². The number of aliphatic hydroxyl groups is 1. The number of aromatic nitrogens is 3. The van der Waals surface area contributed by atoms with Crippen LogP contribution in [0.1, 0.15) is 31.9 Å². The van der Waals surface area contributed by atoms with Gasteiger partial charge in [0.15, 0.2) is 0 Å². The first-order chi connectivity index (χ1) is 10.0. The van der Waals surface area contributed by atoms with Gasteiger partial charge in [-0.05, 0) is 18.1 Å². The van der Waals surface area contributed by atoms with E-state index in [1.165, 1.54) is 6.33 Å². The van der Waals surface area contributed by atoms with Gasteiger partial charge in [-0.15, -0.1) is 0 Å². The standard InChI is InChI=1S/C15H17Cl2N3O/c1-3-10(2)6-14(20-9-18-8-19-20)15(21)12-5-4-11(16)7-13(12)17/h4-10,15,21H,3H2,1-2H3. The summed E-state index contributed by atoms with van der Waals surface area (Å²) in [5.41, 5.74) is 1.22. The van der Waals surface area contributed by atoms with Crippen molar-refractivity contribution < 1.29 is 5.11 Å². The first-order valence-electron chi connectivity index (χ1n) is 6.72. The van der Waals surface area contributed by atoms with Crippen LogP contribution in [0.5, 0.6) is 0 Å². The molecule has 1 aromatic heterocycles. The number of benzene rings is 1. The van der Waals surface area contributed by atoms with Crippen LogP contribution in [-0.4, -0.2) is 19.9 Å². The lowest BCUT2D eigenvalue weighted by Crippen LogP contribution is -2.10. The zero-order valence-electron chi connectivity index (χ0n) is 11.9. The zero-order valence-corrected chi connectivity index (χ0v) is 13.4. The van der Waals surface area contributed by atoms with E-state index in [9.17, 15) is 5.11 Å². The second-order valence-corrected chi connectivity index (χ2v) is 5.73. The summed E-state index contributed by atoms with van der Waals surface area (Å²) in [6, 6.07) is 5.04. The second kappa shape index (κ2) is 7.07. The summed E-state index contributed by atoms with van der Waals surface area (Å²) in [4.78, 5) is 3.93. The Hall–Kier alpha value is -1.36. The number of rotatable bonds is 5. The summed E-state index contributed by atoms with van der Waals surface area (Å²) < 4.78 is 1.56. The van der Waals surface area contributed by atoms with E-state index in [-0.39, 0.29) is 0 Å². The summed E-state index contributed by atoms with van der Waals surface area (Å²) in [6.45, 7) is 4.16. The van der Waals surface area contributed by atoms with Crippen molar-refractivity contribution in [3.05, 3.63) is 52.5 Å². The van der Waals surface area contributed by atoms with Crippen LogP contribution in [0.4, 0.5) is 0 Å². The maximum Gasteiger partial charge on any atom is 0.138 e. The molecule has 4 nitrogen and oxygen atoms in total. The van der Waals surface area contributed by atoms with Gasteiger partial charge in [-0.25, -0.2) is 9.67 Å². The van der Waals surface area contributed by atoms with Gasteiger partial charge in [-0.1, -0.05) is 55.6 Å². The predicted molar refractivity (Wildman–Crippen MR) is 85.2 cm³/mol. The average molecular weight is 326 g/mol. The van der Waals surface area contributed by atoms with E-state index in [4.69, 9.17) is 23.2 Å². The van der Waals surface area contributed by atoms with Crippen LogP contribution < -0.4 is 0 Å². The van der Waals surface area contributed by atoms with Gasteiger partial charge in [0.25, 0.3) is 0 Å². The minimum Gasteiger partial charge on any atom is -0.382 e. The first-order valence-corrected chi connectivity index (χ1v) is 7.48. The number of nitrogens with zero attached hydrogens (tertiary/aromatic N) is 3. The highest BCUT2D eigenvalue weighted by Gasteiger charge is 2.19. The Labute approximate surface area is 134 Å². The molecule has 21 heavy (non-hydrogen) atoms. The van der Waals surface area contributed by atoms with E-state index in [1.54, 1.807) is 29.2 Å². The van der Waals surface area contributed by atoms with Crippen molar-refractivity contribution in [3.63, 3.8) is 0 Å². The highest BCUT2D eigenvalue weighted by molar-refractivity contribution is 6.35. The van der Waals surface area contributed by atoms with Crippen molar-refractivity contribution in [2.75, 3.05) is 0 Å². The van der Waals surface area contributed by atoms with Crippen LogP contribution in [0, 0.1) is 5.92 Å². The van der Waals surface area contributed by atoms with Crippen molar-refractivity contribution >= 4 is 28.9 Å². The molecule has 0 fully saturated rings. The molecule has 0 spiro atoms. The maximum absolute atomic E-state index is 10.7.